The minimum atomic E-state index is -1.09. The number of carboxylic acids is 1. The van der Waals surface area contributed by atoms with Gasteiger partial charge in [0.1, 0.15) is 11.7 Å². The highest BCUT2D eigenvalue weighted by atomic mass is 35.5. The summed E-state index contributed by atoms with van der Waals surface area (Å²) in [6.45, 7) is 3.40. The van der Waals surface area contributed by atoms with Gasteiger partial charge in [-0.05, 0) is 0 Å². The number of nitrogens with zero attached hydrogens (tertiary/aromatic N) is 1. The molecular formula is C11H21ClNO3+. The van der Waals surface area contributed by atoms with Crippen molar-refractivity contribution < 1.29 is 19.2 Å². The van der Waals surface area contributed by atoms with Gasteiger partial charge in [-0.25, -0.2) is 0 Å². The molecule has 0 fully saturated rings. The second kappa shape index (κ2) is 5.64. The Morgan fingerprint density at radius 3 is 1.94 bits per heavy atom. The van der Waals surface area contributed by atoms with Gasteiger partial charge in [0.25, 0.3) is 0 Å². The predicted octanol–water partition coefficient (Wildman–Crippen LogP) is 1.57. The van der Waals surface area contributed by atoms with Gasteiger partial charge in [-0.2, -0.15) is 0 Å². The lowest BCUT2D eigenvalue weighted by molar-refractivity contribution is -0.883. The zero-order valence-corrected chi connectivity index (χ0v) is 11.3. The topological polar surface area (TPSA) is 54.4 Å². The normalized spacial score (nSPS) is 15.9. The zero-order chi connectivity index (χ0) is 13.1. The highest BCUT2D eigenvalue weighted by molar-refractivity contribution is 6.20. The van der Waals surface area contributed by atoms with Crippen LogP contribution in [0, 0.1) is 11.8 Å². The molecule has 0 aromatic carbocycles. The molecule has 94 valence electrons. The van der Waals surface area contributed by atoms with Gasteiger partial charge in [0.15, 0.2) is 5.50 Å². The summed E-state index contributed by atoms with van der Waals surface area (Å²) in [5.41, 5.74) is -0.385. The fraction of sp³-hybridized carbons (Fsp3) is 0.818. The summed E-state index contributed by atoms with van der Waals surface area (Å²) in [4.78, 5) is 22.7. The molecule has 0 radical (unpaired) electrons. The molecule has 4 nitrogen and oxygen atoms in total. The fourth-order valence-electron chi connectivity index (χ4n) is 1.25. The maximum Gasteiger partial charge on any atom is 0.314 e. The van der Waals surface area contributed by atoms with Crippen molar-refractivity contribution in [3.63, 3.8) is 0 Å². The maximum atomic E-state index is 11.7. The minimum absolute atomic E-state index is 0.164. The van der Waals surface area contributed by atoms with Crippen molar-refractivity contribution in [3.8, 4) is 0 Å². The molecule has 2 atom stereocenters. The lowest BCUT2D eigenvalue weighted by Gasteiger charge is -2.31. The molecule has 0 amide bonds. The lowest BCUT2D eigenvalue weighted by Crippen LogP contribution is -2.44. The third-order valence-electron chi connectivity index (χ3n) is 2.48. The van der Waals surface area contributed by atoms with Gasteiger partial charge in [-0.1, -0.05) is 25.4 Å². The van der Waals surface area contributed by atoms with Gasteiger partial charge in [0.05, 0.1) is 21.1 Å². The van der Waals surface area contributed by atoms with Crippen LogP contribution in [-0.4, -0.2) is 48.0 Å². The Hall–Kier alpha value is -0.610. The number of carbonyl (C=O) groups excluding carboxylic acids is 1. The molecule has 5 heteroatoms. The number of halogens is 1. The Labute approximate surface area is 102 Å². The standard InChI is InChI=1S/C11H20ClNO3/c1-7(2)10(14)8(11(15)16)6-9(12)13(3,4)5/h7-9H,6H2,1-5H3/p+1/t8-,9+/m0/s1. The largest absolute Gasteiger partial charge is 0.481 e. The van der Waals surface area contributed by atoms with Gasteiger partial charge in [0, 0.05) is 12.3 Å². The smallest absolute Gasteiger partial charge is 0.314 e. The number of hydrogen-bond donors (Lipinski definition) is 1. The van der Waals surface area contributed by atoms with Gasteiger partial charge in [0.2, 0.25) is 0 Å². The molecule has 0 spiro atoms. The molecule has 0 aromatic heterocycles. The van der Waals surface area contributed by atoms with E-state index >= 15 is 0 Å². The molecule has 0 heterocycles. The monoisotopic (exact) mass is 250 g/mol. The fourth-order valence-corrected chi connectivity index (χ4v) is 1.43. The molecule has 0 bridgehead atoms. The van der Waals surface area contributed by atoms with Crippen molar-refractivity contribution in [1.82, 2.24) is 0 Å². The third-order valence-corrected chi connectivity index (χ3v) is 3.24. The molecule has 0 saturated heterocycles. The zero-order valence-electron chi connectivity index (χ0n) is 10.5. The Morgan fingerprint density at radius 2 is 1.69 bits per heavy atom. The Morgan fingerprint density at radius 1 is 1.25 bits per heavy atom. The summed E-state index contributed by atoms with van der Waals surface area (Å²) < 4.78 is 0.427. The first-order valence-corrected chi connectivity index (χ1v) is 5.72. The van der Waals surface area contributed by atoms with E-state index in [-0.39, 0.29) is 23.6 Å². The van der Waals surface area contributed by atoms with Gasteiger partial charge in [-0.3, -0.25) is 9.59 Å². The molecule has 16 heavy (non-hydrogen) atoms. The summed E-state index contributed by atoms with van der Waals surface area (Å²) in [5, 5.41) is 9.02. The summed E-state index contributed by atoms with van der Waals surface area (Å²) in [6, 6.07) is 0. The van der Waals surface area contributed by atoms with Crippen LogP contribution in [0.4, 0.5) is 0 Å². The van der Waals surface area contributed by atoms with Gasteiger partial charge in [-0.15, -0.1) is 0 Å². The molecule has 1 N–H and O–H groups in total. The average molecular weight is 251 g/mol. The van der Waals surface area contributed by atoms with Crippen molar-refractivity contribution >= 4 is 23.4 Å². The molecule has 0 aliphatic carbocycles. The van der Waals surface area contributed by atoms with E-state index in [2.05, 4.69) is 0 Å². The van der Waals surface area contributed by atoms with Crippen LogP contribution in [0.25, 0.3) is 0 Å². The van der Waals surface area contributed by atoms with Crippen LogP contribution in [0.5, 0.6) is 0 Å². The Balaban J connectivity index is 4.72. The van der Waals surface area contributed by atoms with Crippen molar-refractivity contribution in [1.29, 1.82) is 0 Å². The van der Waals surface area contributed by atoms with E-state index < -0.39 is 11.9 Å². The van der Waals surface area contributed by atoms with Crippen LogP contribution >= 0.6 is 11.6 Å². The van der Waals surface area contributed by atoms with Crippen LogP contribution in [0.3, 0.4) is 0 Å². The SMILES string of the molecule is CC(C)C(=O)[C@H](C[C@H](Cl)[N+](C)(C)C)C(=O)O. The van der Waals surface area contributed by atoms with E-state index in [9.17, 15) is 9.59 Å². The van der Waals surface area contributed by atoms with Crippen molar-refractivity contribution in [3.05, 3.63) is 0 Å². The van der Waals surface area contributed by atoms with E-state index in [4.69, 9.17) is 16.7 Å². The molecule has 0 aliphatic rings. The number of aliphatic carboxylic acids is 1. The number of carboxylic acid groups (broad SMARTS) is 1. The summed E-state index contributed by atoms with van der Waals surface area (Å²) in [7, 11) is 5.61. The van der Waals surface area contributed by atoms with Crippen molar-refractivity contribution in [2.75, 3.05) is 21.1 Å². The number of hydrogen-bond acceptors (Lipinski definition) is 2. The first-order chi connectivity index (χ1) is 7.07. The van der Waals surface area contributed by atoms with E-state index in [1.165, 1.54) is 0 Å². The number of alkyl halides is 1. The summed E-state index contributed by atoms with van der Waals surface area (Å²) in [5.74, 6) is -2.62. The lowest BCUT2D eigenvalue weighted by atomic mass is 9.92. The van der Waals surface area contributed by atoms with Crippen LogP contribution in [0.1, 0.15) is 20.3 Å². The van der Waals surface area contributed by atoms with E-state index in [1.807, 2.05) is 21.1 Å². The van der Waals surface area contributed by atoms with Gasteiger partial charge < -0.3 is 9.59 Å². The number of quaternary nitrogens is 1. The molecular weight excluding hydrogens is 230 g/mol. The van der Waals surface area contributed by atoms with E-state index in [0.717, 1.165) is 0 Å². The van der Waals surface area contributed by atoms with E-state index in [0.29, 0.717) is 4.48 Å². The first kappa shape index (κ1) is 15.4. The Kier molecular flexibility index (Phi) is 5.42. The molecule has 0 saturated carbocycles. The summed E-state index contributed by atoms with van der Waals surface area (Å²) >= 11 is 6.10. The quantitative estimate of drug-likeness (QED) is 0.337. The Bertz CT molecular complexity index is 271. The minimum Gasteiger partial charge on any atom is -0.481 e. The van der Waals surface area contributed by atoms with E-state index in [1.54, 1.807) is 13.8 Å². The maximum absolute atomic E-state index is 11.7. The number of ketones is 1. The molecule has 0 unspecified atom stereocenters. The highest BCUT2D eigenvalue weighted by Crippen LogP contribution is 2.21. The van der Waals surface area contributed by atoms with Crippen LogP contribution in [0.15, 0.2) is 0 Å². The second-order valence-corrected chi connectivity index (χ2v) is 5.74. The number of Topliss-reactive ketones (excluding diaryl/α,β-unsaturated/α-hetero) is 1. The van der Waals surface area contributed by atoms with Crippen molar-refractivity contribution in [2.24, 2.45) is 11.8 Å². The molecule has 0 aliphatic heterocycles. The first-order valence-electron chi connectivity index (χ1n) is 5.29. The highest BCUT2D eigenvalue weighted by Gasteiger charge is 2.34. The molecule has 0 rings (SSSR count). The van der Waals surface area contributed by atoms with Crippen LogP contribution in [-0.2, 0) is 9.59 Å². The predicted molar refractivity (Wildman–Crippen MR) is 63.3 cm³/mol. The van der Waals surface area contributed by atoms with Gasteiger partial charge >= 0.3 is 5.97 Å². The number of rotatable bonds is 6. The van der Waals surface area contributed by atoms with Crippen molar-refractivity contribution in [2.45, 2.75) is 25.8 Å². The van der Waals surface area contributed by atoms with Crippen LogP contribution in [0.2, 0.25) is 0 Å². The number of carbonyl (C=O) groups is 2. The second-order valence-electron chi connectivity index (χ2n) is 5.23. The van der Waals surface area contributed by atoms with Crippen LogP contribution < -0.4 is 0 Å². The summed E-state index contributed by atoms with van der Waals surface area (Å²) in [6.07, 6.45) is 0.164. The third kappa shape index (κ3) is 4.49. The average Bonchev–Trinajstić information content (AvgIpc) is 2.10. The molecule has 0 aromatic rings.